The van der Waals surface area contributed by atoms with E-state index in [0.717, 1.165) is 13.1 Å². The third-order valence-corrected chi connectivity index (χ3v) is 4.75. The lowest BCUT2D eigenvalue weighted by molar-refractivity contribution is 0.637. The second-order valence-electron chi connectivity index (χ2n) is 7.06. The largest absolute Gasteiger partial charge is 0.350 e. The van der Waals surface area contributed by atoms with E-state index >= 15 is 0 Å². The van der Waals surface area contributed by atoms with Gasteiger partial charge in [-0.25, -0.2) is 0 Å². The van der Waals surface area contributed by atoms with Gasteiger partial charge in [-0.2, -0.15) is 0 Å². The van der Waals surface area contributed by atoms with Crippen molar-refractivity contribution in [1.29, 1.82) is 0 Å². The molecule has 2 aromatic carbocycles. The molecule has 1 aliphatic heterocycles. The van der Waals surface area contributed by atoms with Crippen LogP contribution in [0.15, 0.2) is 48.5 Å². The fourth-order valence-corrected chi connectivity index (χ4v) is 3.58. The number of benzene rings is 2. The van der Waals surface area contributed by atoms with Gasteiger partial charge in [0.25, 0.3) is 0 Å². The molecule has 1 fully saturated rings. The van der Waals surface area contributed by atoms with Crippen molar-refractivity contribution in [3.05, 3.63) is 65.2 Å². The molecule has 2 nitrogen and oxygen atoms in total. The van der Waals surface area contributed by atoms with Gasteiger partial charge in [0.2, 0.25) is 0 Å². The smallest absolute Gasteiger partial charge is 0.106 e. The Kier molecular flexibility index (Phi) is 4.72. The molecule has 1 unspecified atom stereocenters. The molecule has 2 heteroatoms. The Morgan fingerprint density at radius 1 is 0.870 bits per heavy atom. The Labute approximate surface area is 140 Å². The van der Waals surface area contributed by atoms with E-state index in [1.807, 2.05) is 0 Å². The van der Waals surface area contributed by atoms with Crippen molar-refractivity contribution in [3.63, 3.8) is 0 Å². The summed E-state index contributed by atoms with van der Waals surface area (Å²) in [5.41, 5.74) is 5.70. The number of nitrogens with one attached hydrogen (secondary N) is 1. The Morgan fingerprint density at radius 3 is 2.04 bits per heavy atom. The van der Waals surface area contributed by atoms with E-state index in [2.05, 4.69) is 86.4 Å². The van der Waals surface area contributed by atoms with E-state index < -0.39 is 0 Å². The minimum absolute atomic E-state index is 0.272. The van der Waals surface area contributed by atoms with Gasteiger partial charge < -0.3 is 4.90 Å². The lowest BCUT2D eigenvalue weighted by atomic mass is 9.91. The molecule has 0 radical (unpaired) electrons. The van der Waals surface area contributed by atoms with Gasteiger partial charge in [0.05, 0.1) is 0 Å². The average Bonchev–Trinajstić information content (AvgIpc) is 3.04. The van der Waals surface area contributed by atoms with Crippen LogP contribution in [0.5, 0.6) is 0 Å². The fourth-order valence-electron chi connectivity index (χ4n) is 3.58. The summed E-state index contributed by atoms with van der Waals surface area (Å²) < 4.78 is 0. The molecule has 0 spiro atoms. The third-order valence-electron chi connectivity index (χ3n) is 4.75. The lowest BCUT2D eigenvalue weighted by Crippen LogP contribution is -2.29. The van der Waals surface area contributed by atoms with Crippen molar-refractivity contribution in [2.24, 2.45) is 0 Å². The zero-order valence-corrected chi connectivity index (χ0v) is 14.7. The van der Waals surface area contributed by atoms with Crippen LogP contribution < -0.4 is 10.2 Å². The minimum atomic E-state index is 0.272. The Bertz CT molecular complexity index is 620. The zero-order valence-electron chi connectivity index (χ0n) is 14.7. The number of anilines is 1. The van der Waals surface area contributed by atoms with Gasteiger partial charge in [0, 0.05) is 18.8 Å². The first kappa shape index (κ1) is 16.1. The molecule has 2 aromatic rings. The van der Waals surface area contributed by atoms with Crippen molar-refractivity contribution in [2.45, 2.75) is 45.7 Å². The molecule has 0 amide bonds. The number of rotatable bonds is 4. The Balaban J connectivity index is 2.09. The molecule has 1 N–H and O–H groups in total. The molecule has 3 rings (SSSR count). The molecule has 1 atom stereocenters. The summed E-state index contributed by atoms with van der Waals surface area (Å²) in [6.07, 6.45) is 0.272. The van der Waals surface area contributed by atoms with Crippen LogP contribution in [0.1, 0.15) is 62.4 Å². The van der Waals surface area contributed by atoms with Gasteiger partial charge in [0.1, 0.15) is 6.17 Å². The van der Waals surface area contributed by atoms with Crippen LogP contribution in [-0.4, -0.2) is 13.1 Å². The number of hydrogen-bond acceptors (Lipinski definition) is 2. The van der Waals surface area contributed by atoms with Gasteiger partial charge in [-0.05, 0) is 28.5 Å². The molecule has 1 aliphatic rings. The predicted octanol–water partition coefficient (Wildman–Crippen LogP) is 5.04. The zero-order chi connectivity index (χ0) is 16.4. The van der Waals surface area contributed by atoms with Crippen LogP contribution in [0, 0.1) is 0 Å². The normalized spacial score (nSPS) is 18.2. The average molecular weight is 308 g/mol. The van der Waals surface area contributed by atoms with E-state index in [1.54, 1.807) is 0 Å². The van der Waals surface area contributed by atoms with Gasteiger partial charge in [-0.15, -0.1) is 0 Å². The van der Waals surface area contributed by atoms with E-state index in [4.69, 9.17) is 0 Å². The van der Waals surface area contributed by atoms with Crippen LogP contribution in [-0.2, 0) is 0 Å². The standard InChI is InChI=1S/C21H28N2/c1-15(2)18-11-8-12-19(16(3)4)20(18)23-14-13-22-21(23)17-9-6-5-7-10-17/h5-12,15-16,21-22H,13-14H2,1-4H3. The quantitative estimate of drug-likeness (QED) is 0.851. The van der Waals surface area contributed by atoms with Gasteiger partial charge in [-0.1, -0.05) is 76.2 Å². The number of para-hydroxylation sites is 1. The monoisotopic (exact) mass is 308 g/mol. The first-order valence-electron chi connectivity index (χ1n) is 8.77. The summed E-state index contributed by atoms with van der Waals surface area (Å²) in [5, 5.41) is 3.68. The van der Waals surface area contributed by atoms with Gasteiger partial charge in [-0.3, -0.25) is 5.32 Å². The molecule has 1 heterocycles. The fraction of sp³-hybridized carbons (Fsp3) is 0.429. The van der Waals surface area contributed by atoms with E-state index in [0.29, 0.717) is 11.8 Å². The molecule has 0 bridgehead atoms. The first-order chi connectivity index (χ1) is 11.1. The summed E-state index contributed by atoms with van der Waals surface area (Å²) >= 11 is 0. The maximum absolute atomic E-state index is 3.68. The van der Waals surface area contributed by atoms with Crippen molar-refractivity contribution >= 4 is 5.69 Å². The van der Waals surface area contributed by atoms with Crippen LogP contribution in [0.3, 0.4) is 0 Å². The summed E-state index contributed by atoms with van der Waals surface area (Å²) in [7, 11) is 0. The second-order valence-corrected chi connectivity index (χ2v) is 7.06. The maximum Gasteiger partial charge on any atom is 0.106 e. The van der Waals surface area contributed by atoms with E-state index in [-0.39, 0.29) is 6.17 Å². The Hall–Kier alpha value is -1.80. The molecule has 23 heavy (non-hydrogen) atoms. The maximum atomic E-state index is 3.68. The molecular weight excluding hydrogens is 280 g/mol. The predicted molar refractivity (Wildman–Crippen MR) is 99.2 cm³/mol. The van der Waals surface area contributed by atoms with Crippen LogP contribution in [0.25, 0.3) is 0 Å². The van der Waals surface area contributed by atoms with Crippen molar-refractivity contribution in [3.8, 4) is 0 Å². The Morgan fingerprint density at radius 2 is 1.48 bits per heavy atom. The number of hydrogen-bond donors (Lipinski definition) is 1. The van der Waals surface area contributed by atoms with Gasteiger partial charge in [0.15, 0.2) is 0 Å². The van der Waals surface area contributed by atoms with Crippen molar-refractivity contribution < 1.29 is 0 Å². The van der Waals surface area contributed by atoms with Crippen LogP contribution in [0.4, 0.5) is 5.69 Å². The van der Waals surface area contributed by atoms with E-state index in [1.165, 1.54) is 22.4 Å². The first-order valence-corrected chi connectivity index (χ1v) is 8.77. The van der Waals surface area contributed by atoms with Crippen LogP contribution >= 0.6 is 0 Å². The third kappa shape index (κ3) is 3.13. The minimum Gasteiger partial charge on any atom is -0.350 e. The van der Waals surface area contributed by atoms with E-state index in [9.17, 15) is 0 Å². The topological polar surface area (TPSA) is 15.3 Å². The summed E-state index contributed by atoms with van der Waals surface area (Å²) in [6, 6.07) is 17.6. The highest BCUT2D eigenvalue weighted by Gasteiger charge is 2.29. The highest BCUT2D eigenvalue weighted by atomic mass is 15.3. The van der Waals surface area contributed by atoms with Crippen molar-refractivity contribution in [2.75, 3.05) is 18.0 Å². The molecular formula is C21H28N2. The SMILES string of the molecule is CC(C)c1cccc(C(C)C)c1N1CCNC1c1ccccc1. The lowest BCUT2D eigenvalue weighted by Gasteiger charge is -2.32. The van der Waals surface area contributed by atoms with Gasteiger partial charge >= 0.3 is 0 Å². The molecule has 1 saturated heterocycles. The summed E-state index contributed by atoms with van der Waals surface area (Å²) in [5.74, 6) is 1.06. The van der Waals surface area contributed by atoms with Crippen LogP contribution in [0.2, 0.25) is 0 Å². The number of nitrogens with zero attached hydrogens (tertiary/aromatic N) is 1. The summed E-state index contributed by atoms with van der Waals surface area (Å²) in [6.45, 7) is 11.3. The molecule has 122 valence electrons. The second kappa shape index (κ2) is 6.76. The molecule has 0 saturated carbocycles. The van der Waals surface area contributed by atoms with Crippen molar-refractivity contribution in [1.82, 2.24) is 5.32 Å². The summed E-state index contributed by atoms with van der Waals surface area (Å²) in [4.78, 5) is 2.57. The highest BCUT2D eigenvalue weighted by Crippen LogP contribution is 2.39. The molecule has 0 aromatic heterocycles. The highest BCUT2D eigenvalue weighted by molar-refractivity contribution is 5.63. The molecule has 0 aliphatic carbocycles.